The van der Waals surface area contributed by atoms with Crippen molar-refractivity contribution in [1.29, 1.82) is 0 Å². The van der Waals surface area contributed by atoms with Gasteiger partial charge in [-0.25, -0.2) is 0 Å². The molecule has 1 heterocycles. The lowest BCUT2D eigenvalue weighted by molar-refractivity contribution is 0.242. The third kappa shape index (κ3) is 1.30. The Balaban J connectivity index is 2.55. The molecule has 0 saturated carbocycles. The summed E-state index contributed by atoms with van der Waals surface area (Å²) in [6.07, 6.45) is 5.73. The van der Waals surface area contributed by atoms with Crippen LogP contribution >= 0.6 is 0 Å². The second kappa shape index (κ2) is 2.40. The monoisotopic (exact) mass is 112 g/mol. The predicted molar refractivity (Wildman–Crippen MR) is 30.4 cm³/mol. The van der Waals surface area contributed by atoms with Crippen molar-refractivity contribution in [3.05, 3.63) is 24.2 Å². The van der Waals surface area contributed by atoms with E-state index in [9.17, 15) is 0 Å². The van der Waals surface area contributed by atoms with Crippen molar-refractivity contribution >= 4 is 0 Å². The van der Waals surface area contributed by atoms with Gasteiger partial charge in [-0.15, -0.1) is 0 Å². The summed E-state index contributed by atoms with van der Waals surface area (Å²) in [7, 11) is 0. The summed E-state index contributed by atoms with van der Waals surface area (Å²) in [4.78, 5) is 0. The molecular formula is C6H8O2. The van der Waals surface area contributed by atoms with Crippen molar-refractivity contribution in [3.63, 3.8) is 0 Å². The van der Waals surface area contributed by atoms with E-state index in [-0.39, 0.29) is 5.76 Å². The van der Waals surface area contributed by atoms with Crippen molar-refractivity contribution in [3.8, 4) is 0 Å². The summed E-state index contributed by atoms with van der Waals surface area (Å²) in [6.45, 7) is 0.667. The Kier molecular flexibility index (Phi) is 1.57. The molecule has 0 spiro atoms. The molecule has 1 aliphatic rings. The van der Waals surface area contributed by atoms with Gasteiger partial charge >= 0.3 is 0 Å². The number of aliphatic hydroxyl groups excluding tert-OH is 1. The molecule has 1 rings (SSSR count). The first kappa shape index (κ1) is 5.22. The summed E-state index contributed by atoms with van der Waals surface area (Å²) in [5.41, 5.74) is 0. The average Bonchev–Trinajstić information content (AvgIpc) is 1.94. The summed E-state index contributed by atoms with van der Waals surface area (Å²) in [5, 5.41) is 8.74. The molecule has 0 bridgehead atoms. The first-order valence-electron chi connectivity index (χ1n) is 2.57. The van der Waals surface area contributed by atoms with Gasteiger partial charge in [0.1, 0.15) is 12.0 Å². The number of allylic oxidation sites excluding steroid dienone is 1. The second-order valence-corrected chi connectivity index (χ2v) is 1.60. The van der Waals surface area contributed by atoms with Crippen molar-refractivity contribution in [1.82, 2.24) is 0 Å². The van der Waals surface area contributed by atoms with Gasteiger partial charge in [-0.05, 0) is 12.5 Å². The van der Waals surface area contributed by atoms with Crippen LogP contribution in [0.1, 0.15) is 6.42 Å². The van der Waals surface area contributed by atoms with Gasteiger partial charge in [-0.3, -0.25) is 0 Å². The fourth-order valence-corrected chi connectivity index (χ4v) is 0.524. The highest BCUT2D eigenvalue weighted by Gasteiger charge is 1.89. The highest BCUT2D eigenvalue weighted by atomic mass is 16.5. The highest BCUT2D eigenvalue weighted by molar-refractivity contribution is 5.08. The van der Waals surface area contributed by atoms with Gasteiger partial charge in [0.2, 0.25) is 0 Å². The van der Waals surface area contributed by atoms with Crippen LogP contribution in [0.25, 0.3) is 0 Å². The Hall–Kier alpha value is -0.920. The molecule has 1 N–H and O–H groups in total. The molecule has 0 aliphatic carbocycles. The second-order valence-electron chi connectivity index (χ2n) is 1.60. The van der Waals surface area contributed by atoms with Crippen molar-refractivity contribution in [2.24, 2.45) is 0 Å². The summed E-state index contributed by atoms with van der Waals surface area (Å²) < 4.78 is 4.83. The van der Waals surface area contributed by atoms with Crippen LogP contribution in [-0.4, -0.2) is 11.7 Å². The van der Waals surface area contributed by atoms with Gasteiger partial charge in [0.05, 0.1) is 6.61 Å². The Morgan fingerprint density at radius 1 is 1.62 bits per heavy atom. The molecule has 44 valence electrons. The lowest BCUT2D eigenvalue weighted by Gasteiger charge is -1.91. The van der Waals surface area contributed by atoms with Crippen LogP contribution in [0.15, 0.2) is 24.2 Å². The first-order chi connectivity index (χ1) is 3.89. The Morgan fingerprint density at radius 2 is 2.50 bits per heavy atom. The van der Waals surface area contributed by atoms with Crippen LogP contribution in [0.4, 0.5) is 0 Å². The van der Waals surface area contributed by atoms with E-state index in [0.717, 1.165) is 6.42 Å². The summed E-state index contributed by atoms with van der Waals surface area (Å²) in [5.74, 6) is 0.197. The van der Waals surface area contributed by atoms with Crippen molar-refractivity contribution < 1.29 is 9.84 Å². The van der Waals surface area contributed by atoms with Crippen LogP contribution in [0.2, 0.25) is 0 Å². The number of rotatable bonds is 0. The lowest BCUT2D eigenvalue weighted by atomic mass is 10.4. The molecule has 0 saturated heterocycles. The Labute approximate surface area is 48.1 Å². The number of ether oxygens (including phenoxy) is 1. The molecule has 0 radical (unpaired) electrons. The Bertz CT molecular complexity index is 124. The van der Waals surface area contributed by atoms with E-state index >= 15 is 0 Å². The fourth-order valence-electron chi connectivity index (χ4n) is 0.524. The third-order valence-corrected chi connectivity index (χ3v) is 0.895. The average molecular weight is 112 g/mol. The molecule has 0 aromatic heterocycles. The SMILES string of the molecule is OC1=COCCC=C1. The van der Waals surface area contributed by atoms with E-state index in [4.69, 9.17) is 9.84 Å². The van der Waals surface area contributed by atoms with Gasteiger partial charge in [0, 0.05) is 0 Å². The highest BCUT2D eigenvalue weighted by Crippen LogP contribution is 1.99. The van der Waals surface area contributed by atoms with E-state index in [2.05, 4.69) is 0 Å². The summed E-state index contributed by atoms with van der Waals surface area (Å²) >= 11 is 0. The first-order valence-corrected chi connectivity index (χ1v) is 2.57. The minimum Gasteiger partial charge on any atom is -0.505 e. The maximum atomic E-state index is 8.74. The van der Waals surface area contributed by atoms with Gasteiger partial charge < -0.3 is 9.84 Å². The van der Waals surface area contributed by atoms with E-state index in [1.54, 1.807) is 6.08 Å². The van der Waals surface area contributed by atoms with Crippen LogP contribution in [0.5, 0.6) is 0 Å². The zero-order valence-electron chi connectivity index (χ0n) is 4.50. The number of hydrogen-bond donors (Lipinski definition) is 1. The third-order valence-electron chi connectivity index (χ3n) is 0.895. The smallest absolute Gasteiger partial charge is 0.149 e. The quantitative estimate of drug-likeness (QED) is 0.512. The molecule has 8 heavy (non-hydrogen) atoms. The van der Waals surface area contributed by atoms with Gasteiger partial charge in [-0.2, -0.15) is 0 Å². The summed E-state index contributed by atoms with van der Waals surface area (Å²) in [6, 6.07) is 0. The van der Waals surface area contributed by atoms with Crippen LogP contribution in [-0.2, 0) is 4.74 Å². The minimum absolute atomic E-state index is 0.197. The largest absolute Gasteiger partial charge is 0.505 e. The minimum atomic E-state index is 0.197. The number of aliphatic hydroxyl groups is 1. The van der Waals surface area contributed by atoms with Crippen LogP contribution in [0.3, 0.4) is 0 Å². The lowest BCUT2D eigenvalue weighted by Crippen LogP contribution is -1.81. The van der Waals surface area contributed by atoms with E-state index in [0.29, 0.717) is 6.61 Å². The maximum Gasteiger partial charge on any atom is 0.149 e. The molecular weight excluding hydrogens is 104 g/mol. The predicted octanol–water partition coefficient (Wildman–Crippen LogP) is 1.36. The van der Waals surface area contributed by atoms with E-state index in [1.165, 1.54) is 6.26 Å². The van der Waals surface area contributed by atoms with Crippen LogP contribution in [0, 0.1) is 0 Å². The fraction of sp³-hybridized carbons (Fsp3) is 0.333. The molecule has 0 unspecified atom stereocenters. The molecule has 2 nitrogen and oxygen atoms in total. The standard InChI is InChI=1S/C6H8O2/c7-6-3-1-2-4-8-5-6/h1,3,5,7H,2,4H2. The van der Waals surface area contributed by atoms with Crippen molar-refractivity contribution in [2.45, 2.75) is 6.42 Å². The van der Waals surface area contributed by atoms with E-state index in [1.807, 2.05) is 6.08 Å². The van der Waals surface area contributed by atoms with E-state index < -0.39 is 0 Å². The molecule has 2 heteroatoms. The van der Waals surface area contributed by atoms with Gasteiger partial charge in [0.15, 0.2) is 0 Å². The van der Waals surface area contributed by atoms with Crippen molar-refractivity contribution in [2.75, 3.05) is 6.61 Å². The molecule has 0 amide bonds. The molecule has 0 aromatic carbocycles. The normalized spacial score (nSPS) is 18.8. The Morgan fingerprint density at radius 3 is 3.38 bits per heavy atom. The zero-order valence-corrected chi connectivity index (χ0v) is 4.50. The number of hydrogen-bond acceptors (Lipinski definition) is 2. The topological polar surface area (TPSA) is 29.5 Å². The molecule has 1 aliphatic heterocycles. The molecule has 0 aromatic rings. The van der Waals surface area contributed by atoms with Gasteiger partial charge in [-0.1, -0.05) is 6.08 Å². The van der Waals surface area contributed by atoms with Crippen LogP contribution < -0.4 is 0 Å². The molecule has 0 atom stereocenters. The molecule has 0 fully saturated rings. The van der Waals surface area contributed by atoms with Gasteiger partial charge in [0.25, 0.3) is 0 Å². The zero-order chi connectivity index (χ0) is 5.82. The maximum absolute atomic E-state index is 8.74.